The van der Waals surface area contributed by atoms with Crippen LogP contribution in [0.5, 0.6) is 0 Å². The number of carbonyl (C=O) groups excluding carboxylic acids is 3. The molecule has 1 saturated carbocycles. The molecule has 10 nitrogen and oxygen atoms in total. The number of carbonyl (C=O) groups is 3. The molecule has 1 atom stereocenters. The molecule has 3 aliphatic rings. The number of halogens is 2. The third-order valence-electron chi connectivity index (χ3n) is 15.1. The molecule has 2 aromatic heterocycles. The summed E-state index contributed by atoms with van der Waals surface area (Å²) in [6.07, 6.45) is 20.8. The summed E-state index contributed by atoms with van der Waals surface area (Å²) in [4.78, 5) is 60.5. The van der Waals surface area contributed by atoms with E-state index in [1.807, 2.05) is 52.0 Å². The van der Waals surface area contributed by atoms with Crippen molar-refractivity contribution in [1.29, 1.82) is 0 Å². The number of pyridine rings is 2. The predicted molar refractivity (Wildman–Crippen MR) is 312 cm³/mol. The molecule has 1 saturated heterocycles. The van der Waals surface area contributed by atoms with E-state index in [2.05, 4.69) is 73.4 Å². The highest BCUT2D eigenvalue weighted by atomic mass is 19.1. The van der Waals surface area contributed by atoms with Crippen LogP contribution in [0.1, 0.15) is 190 Å². The molecule has 2 aliphatic heterocycles. The van der Waals surface area contributed by atoms with Crippen LogP contribution in [0.25, 0.3) is 11.8 Å². The first kappa shape index (κ1) is 62.9. The minimum atomic E-state index is -0.639. The second-order valence-electron chi connectivity index (χ2n) is 20.8. The normalized spacial score (nSPS) is 15.3. The summed E-state index contributed by atoms with van der Waals surface area (Å²) >= 11 is 0. The standard InChI is InChI=1S/C30H34F2N4O2.C18H21NO2.C14H31N.C2H6/c1-5-21(14-25-19(2)34-10-6-28(25)36-13-9-24(33-4)17-29(36)38)18-35-11-7-22(8-12-35)30-26(31)15-23(20(3)37)16-27(30)32;1-4-5-6-15(13(3)20)19-16-8-7-12(2)11-14(16)18(9-10-18)17(19)21;1-5-9-14(10-6-2)13-15(11-7-3)12-8-4;1-2/h6,9-10,13-17,22,33H,5,7-8,11-12,18H2,1-4H3;4,7-8,11,15H,1,5-6,9-10H2,2-3H3;14H,5-13H2,1-4H3;1-2H3/b21-14+;;;. The Bertz CT molecular complexity index is 2580. The van der Waals surface area contributed by atoms with Crippen molar-refractivity contribution in [2.24, 2.45) is 5.92 Å². The predicted octanol–water partition coefficient (Wildman–Crippen LogP) is 14.4. The minimum Gasteiger partial charge on any atom is -0.388 e. The Balaban J connectivity index is 0.000000275. The van der Waals surface area contributed by atoms with E-state index < -0.39 is 11.6 Å². The number of benzene rings is 2. The smallest absolute Gasteiger partial charge is 0.257 e. The molecule has 4 aromatic rings. The SMILES string of the molecule is C=CCCC(C(C)=O)N1C(=O)C2(CC2)c2cc(C)ccc21.CC.CC/C(=C\c1c(-n2ccc(NC)cc2=O)ccnc1C)CN1CCC(c2c(F)cc(C(C)=O)cc2F)CC1.CCCC(CCC)CN(CCC)CCC. The van der Waals surface area contributed by atoms with Crippen LogP contribution in [0, 0.1) is 31.4 Å². The van der Waals surface area contributed by atoms with Gasteiger partial charge in [0.2, 0.25) is 5.91 Å². The average Bonchev–Trinajstić information content (AvgIpc) is 4.18. The lowest BCUT2D eigenvalue weighted by atomic mass is 9.87. The van der Waals surface area contributed by atoms with Gasteiger partial charge >= 0.3 is 0 Å². The molecule has 76 heavy (non-hydrogen) atoms. The number of hydrogen-bond donors (Lipinski definition) is 1. The molecule has 1 aliphatic carbocycles. The molecule has 1 spiro atoms. The van der Waals surface area contributed by atoms with Gasteiger partial charge in [-0.1, -0.05) is 96.7 Å². The monoisotopic (exact) mass is 1050 g/mol. The first-order valence-corrected chi connectivity index (χ1v) is 28.6. The van der Waals surface area contributed by atoms with Crippen molar-refractivity contribution in [3.8, 4) is 5.69 Å². The molecule has 1 unspecified atom stereocenters. The third-order valence-corrected chi connectivity index (χ3v) is 15.1. The number of fused-ring (bicyclic) bond motifs is 2. The Morgan fingerprint density at radius 1 is 0.868 bits per heavy atom. The van der Waals surface area contributed by atoms with Crippen molar-refractivity contribution >= 4 is 34.9 Å². The van der Waals surface area contributed by atoms with E-state index in [4.69, 9.17) is 0 Å². The first-order chi connectivity index (χ1) is 36.5. The van der Waals surface area contributed by atoms with E-state index in [-0.39, 0.29) is 51.5 Å². The fraction of sp³-hybridized carbons (Fsp3) is 0.547. The van der Waals surface area contributed by atoms with Gasteiger partial charge in [0.25, 0.3) is 5.56 Å². The van der Waals surface area contributed by atoms with Crippen LogP contribution >= 0.6 is 0 Å². The van der Waals surface area contributed by atoms with Crippen molar-refractivity contribution in [1.82, 2.24) is 19.4 Å². The summed E-state index contributed by atoms with van der Waals surface area (Å²) in [5.74, 6) is -0.739. The summed E-state index contributed by atoms with van der Waals surface area (Å²) < 4.78 is 31.0. The van der Waals surface area contributed by atoms with Crippen LogP contribution in [0.3, 0.4) is 0 Å². The number of nitrogens with zero attached hydrogens (tertiary/aromatic N) is 5. The summed E-state index contributed by atoms with van der Waals surface area (Å²) in [6, 6.07) is 13.3. The zero-order valence-corrected chi connectivity index (χ0v) is 48.4. The molecule has 4 heterocycles. The van der Waals surface area contributed by atoms with E-state index in [1.54, 1.807) is 48.0 Å². The highest BCUT2D eigenvalue weighted by Crippen LogP contribution is 2.58. The fourth-order valence-corrected chi connectivity index (χ4v) is 10.9. The van der Waals surface area contributed by atoms with Gasteiger partial charge < -0.3 is 15.1 Å². The van der Waals surface area contributed by atoms with Crippen molar-refractivity contribution in [2.45, 2.75) is 177 Å². The summed E-state index contributed by atoms with van der Waals surface area (Å²) in [5.41, 5.74) is 7.35. The maximum atomic E-state index is 14.7. The van der Waals surface area contributed by atoms with E-state index in [0.717, 1.165) is 84.2 Å². The van der Waals surface area contributed by atoms with Gasteiger partial charge in [0.15, 0.2) is 11.6 Å². The number of anilines is 2. The average molecular weight is 1050 g/mol. The number of Topliss-reactive ketones (excluding diaryl/α,β-unsaturated/α-hetero) is 2. The van der Waals surface area contributed by atoms with Crippen LogP contribution in [-0.2, 0) is 15.0 Å². The Hall–Kier alpha value is -5.59. The molecule has 416 valence electrons. The van der Waals surface area contributed by atoms with Crippen LogP contribution in [0.4, 0.5) is 20.2 Å². The molecule has 1 amide bonds. The number of allylic oxidation sites excluding steroid dienone is 1. The van der Waals surface area contributed by atoms with Gasteiger partial charge in [-0.2, -0.15) is 0 Å². The van der Waals surface area contributed by atoms with Gasteiger partial charge in [-0.25, -0.2) is 8.78 Å². The highest BCUT2D eigenvalue weighted by molar-refractivity contribution is 6.13. The lowest BCUT2D eigenvalue weighted by Crippen LogP contribution is -2.44. The van der Waals surface area contributed by atoms with Gasteiger partial charge in [-0.3, -0.25) is 33.6 Å². The minimum absolute atomic E-state index is 0.0504. The Morgan fingerprint density at radius 3 is 2.01 bits per heavy atom. The fourth-order valence-electron chi connectivity index (χ4n) is 10.9. The molecule has 2 aromatic carbocycles. The number of aromatic nitrogens is 2. The second-order valence-corrected chi connectivity index (χ2v) is 20.8. The lowest BCUT2D eigenvalue weighted by Gasteiger charge is -2.33. The number of piperidine rings is 1. The van der Waals surface area contributed by atoms with Crippen molar-refractivity contribution in [3.63, 3.8) is 0 Å². The van der Waals surface area contributed by atoms with E-state index >= 15 is 0 Å². The largest absolute Gasteiger partial charge is 0.388 e. The zero-order valence-electron chi connectivity index (χ0n) is 48.4. The summed E-state index contributed by atoms with van der Waals surface area (Å²) in [6.45, 7) is 31.9. The van der Waals surface area contributed by atoms with E-state index in [0.29, 0.717) is 32.4 Å². The van der Waals surface area contributed by atoms with Crippen molar-refractivity contribution < 1.29 is 23.2 Å². The molecular formula is C64H92F2N6O4. The van der Waals surface area contributed by atoms with E-state index in [1.165, 1.54) is 76.2 Å². The van der Waals surface area contributed by atoms with Crippen LogP contribution in [0.2, 0.25) is 0 Å². The van der Waals surface area contributed by atoms with Gasteiger partial charge in [0.1, 0.15) is 11.6 Å². The summed E-state index contributed by atoms with van der Waals surface area (Å²) in [5, 5.41) is 2.99. The number of nitrogens with one attached hydrogen (secondary N) is 1. The second kappa shape index (κ2) is 31.0. The Kier molecular flexibility index (Phi) is 25.7. The molecule has 1 N–H and O–H groups in total. The van der Waals surface area contributed by atoms with Crippen LogP contribution in [-0.4, -0.2) is 89.2 Å². The number of aryl methyl sites for hydroxylation is 2. The number of hydrogen-bond acceptors (Lipinski definition) is 8. The summed E-state index contributed by atoms with van der Waals surface area (Å²) in [7, 11) is 1.78. The zero-order chi connectivity index (χ0) is 56.1. The highest BCUT2D eigenvalue weighted by Gasteiger charge is 2.60. The maximum absolute atomic E-state index is 14.7. The van der Waals surface area contributed by atoms with Gasteiger partial charge in [-0.05, 0) is 172 Å². The van der Waals surface area contributed by atoms with Crippen LogP contribution in [0.15, 0.2) is 83.9 Å². The van der Waals surface area contributed by atoms with Crippen LogP contribution < -0.4 is 15.8 Å². The molecular weight excluding hydrogens is 955 g/mol. The molecule has 12 heteroatoms. The Labute approximate surface area is 455 Å². The number of likely N-dealkylation sites (tertiary alicyclic amines) is 1. The van der Waals surface area contributed by atoms with Crippen molar-refractivity contribution in [3.05, 3.63) is 135 Å². The van der Waals surface area contributed by atoms with Gasteiger partial charge in [0.05, 0.1) is 17.1 Å². The first-order valence-electron chi connectivity index (χ1n) is 28.6. The molecule has 7 rings (SSSR count). The number of amides is 1. The van der Waals surface area contributed by atoms with Gasteiger partial charge in [0, 0.05) is 72.4 Å². The van der Waals surface area contributed by atoms with Gasteiger partial charge in [-0.15, -0.1) is 6.58 Å². The Morgan fingerprint density at radius 2 is 1.50 bits per heavy atom. The quantitative estimate of drug-likeness (QED) is 0.0578. The third kappa shape index (κ3) is 16.5. The number of rotatable bonds is 23. The molecule has 2 fully saturated rings. The van der Waals surface area contributed by atoms with Crippen molar-refractivity contribution in [2.75, 3.05) is 56.5 Å². The topological polar surface area (TPSA) is 108 Å². The molecule has 0 bridgehead atoms. The molecule has 0 radical (unpaired) electrons. The number of ketones is 2. The lowest BCUT2D eigenvalue weighted by molar-refractivity contribution is -0.125. The maximum Gasteiger partial charge on any atom is 0.257 e. The van der Waals surface area contributed by atoms with E-state index in [9.17, 15) is 28.0 Å².